The van der Waals surface area contributed by atoms with Gasteiger partial charge in [-0.25, -0.2) is 4.39 Å². The van der Waals surface area contributed by atoms with Gasteiger partial charge in [-0.15, -0.1) is 0 Å². The third-order valence-electron chi connectivity index (χ3n) is 3.52. The zero-order valence-electron chi connectivity index (χ0n) is 12.9. The van der Waals surface area contributed by atoms with Gasteiger partial charge in [0.1, 0.15) is 0 Å². The second-order valence-electron chi connectivity index (χ2n) is 5.60. The molecule has 1 saturated carbocycles. The van der Waals surface area contributed by atoms with Gasteiger partial charge in [-0.1, -0.05) is 18.2 Å². The van der Waals surface area contributed by atoms with Crippen molar-refractivity contribution in [3.05, 3.63) is 59.9 Å². The number of nitrogens with one attached hydrogen (secondary N) is 2. The Bertz CT molecular complexity index is 759. The lowest BCUT2D eigenvalue weighted by Gasteiger charge is -2.09. The van der Waals surface area contributed by atoms with Crippen LogP contribution in [0.15, 0.2) is 48.5 Å². The molecule has 1 aliphatic carbocycles. The molecule has 0 heterocycles. The predicted octanol–water partition coefficient (Wildman–Crippen LogP) is 2.74. The number of anilines is 1. The molecular weight excluding hydrogens is 311 g/mol. The fourth-order valence-electron chi connectivity index (χ4n) is 2.14. The first kappa shape index (κ1) is 16.0. The average Bonchev–Trinajstić information content (AvgIpc) is 3.38. The van der Waals surface area contributed by atoms with Gasteiger partial charge in [-0.05, 0) is 43.2 Å². The van der Waals surface area contributed by atoms with Gasteiger partial charge in [0.25, 0.3) is 11.8 Å². The highest BCUT2D eigenvalue weighted by Gasteiger charge is 2.23. The van der Waals surface area contributed by atoms with Crippen molar-refractivity contribution in [2.45, 2.75) is 18.9 Å². The molecule has 0 aromatic heterocycles. The largest absolute Gasteiger partial charge is 0.481 e. The van der Waals surface area contributed by atoms with Crippen LogP contribution in [0.4, 0.5) is 10.1 Å². The van der Waals surface area contributed by atoms with E-state index < -0.39 is 11.7 Å². The van der Waals surface area contributed by atoms with Crippen LogP contribution in [-0.4, -0.2) is 24.5 Å². The molecule has 1 aliphatic rings. The van der Waals surface area contributed by atoms with Crippen LogP contribution in [0.5, 0.6) is 5.75 Å². The molecule has 0 saturated heterocycles. The number of carbonyl (C=O) groups is 2. The van der Waals surface area contributed by atoms with E-state index in [9.17, 15) is 14.0 Å². The number of amides is 2. The Morgan fingerprint density at radius 3 is 2.67 bits per heavy atom. The molecule has 0 radical (unpaired) electrons. The number of para-hydroxylation sites is 1. The first-order valence-corrected chi connectivity index (χ1v) is 7.70. The summed E-state index contributed by atoms with van der Waals surface area (Å²) in [4.78, 5) is 23.9. The first-order valence-electron chi connectivity index (χ1n) is 7.70. The fraction of sp³-hybridized carbons (Fsp3) is 0.222. The summed E-state index contributed by atoms with van der Waals surface area (Å²) in [7, 11) is 0. The van der Waals surface area contributed by atoms with Crippen molar-refractivity contribution in [3.63, 3.8) is 0 Å². The van der Waals surface area contributed by atoms with Crippen LogP contribution < -0.4 is 15.4 Å². The summed E-state index contributed by atoms with van der Waals surface area (Å²) in [6.07, 6.45) is 2.02. The van der Waals surface area contributed by atoms with Crippen LogP contribution >= 0.6 is 0 Å². The summed E-state index contributed by atoms with van der Waals surface area (Å²) in [6, 6.07) is 12.8. The highest BCUT2D eigenvalue weighted by Crippen LogP contribution is 2.20. The highest BCUT2D eigenvalue weighted by atomic mass is 19.1. The number of hydrogen-bond donors (Lipinski definition) is 2. The molecule has 124 valence electrons. The third kappa shape index (κ3) is 4.32. The van der Waals surface area contributed by atoms with E-state index in [0.717, 1.165) is 12.8 Å². The molecule has 0 atom stereocenters. The van der Waals surface area contributed by atoms with Crippen molar-refractivity contribution in [1.82, 2.24) is 5.32 Å². The minimum Gasteiger partial charge on any atom is -0.481 e. The zero-order chi connectivity index (χ0) is 16.9. The molecular formula is C18H17FN2O3. The van der Waals surface area contributed by atoms with E-state index >= 15 is 0 Å². The monoisotopic (exact) mass is 328 g/mol. The third-order valence-corrected chi connectivity index (χ3v) is 3.52. The summed E-state index contributed by atoms with van der Waals surface area (Å²) in [5.74, 6) is -1.09. The predicted molar refractivity (Wildman–Crippen MR) is 87.5 cm³/mol. The number of hydrogen-bond acceptors (Lipinski definition) is 3. The van der Waals surface area contributed by atoms with Crippen LogP contribution in [0.2, 0.25) is 0 Å². The van der Waals surface area contributed by atoms with Gasteiger partial charge in [0.05, 0.1) is 0 Å². The summed E-state index contributed by atoms with van der Waals surface area (Å²) in [6.45, 7) is -0.320. The van der Waals surface area contributed by atoms with Crippen LogP contribution in [0.3, 0.4) is 0 Å². The molecule has 24 heavy (non-hydrogen) atoms. The Labute approximate surface area is 138 Å². The molecule has 2 amide bonds. The summed E-state index contributed by atoms with van der Waals surface area (Å²) >= 11 is 0. The second kappa shape index (κ2) is 7.12. The summed E-state index contributed by atoms with van der Waals surface area (Å²) in [5.41, 5.74) is 0.968. The molecule has 2 N–H and O–H groups in total. The van der Waals surface area contributed by atoms with Crippen molar-refractivity contribution >= 4 is 17.5 Å². The summed E-state index contributed by atoms with van der Waals surface area (Å²) in [5, 5.41) is 5.52. The number of carbonyl (C=O) groups excluding carboxylic acids is 2. The number of halogens is 1. The van der Waals surface area contributed by atoms with Crippen LogP contribution in [0, 0.1) is 5.82 Å². The molecule has 0 bridgehead atoms. The van der Waals surface area contributed by atoms with Gasteiger partial charge in [-0.3, -0.25) is 9.59 Å². The van der Waals surface area contributed by atoms with Crippen LogP contribution in [-0.2, 0) is 4.79 Å². The first-order chi connectivity index (χ1) is 11.6. The lowest BCUT2D eigenvalue weighted by molar-refractivity contribution is -0.118. The lowest BCUT2D eigenvalue weighted by Crippen LogP contribution is -2.25. The van der Waals surface area contributed by atoms with Gasteiger partial charge in [0, 0.05) is 17.3 Å². The van der Waals surface area contributed by atoms with Crippen molar-refractivity contribution < 1.29 is 18.7 Å². The Morgan fingerprint density at radius 2 is 1.92 bits per heavy atom. The second-order valence-corrected chi connectivity index (χ2v) is 5.60. The SMILES string of the molecule is O=C(COc1ccccc1F)Nc1cccc(C(=O)NC2CC2)c1. The summed E-state index contributed by atoms with van der Waals surface area (Å²) < 4.78 is 18.6. The average molecular weight is 328 g/mol. The van der Waals surface area contributed by atoms with E-state index in [2.05, 4.69) is 10.6 Å². The number of benzene rings is 2. The van der Waals surface area contributed by atoms with E-state index in [1.165, 1.54) is 12.1 Å². The molecule has 0 unspecified atom stereocenters. The molecule has 5 nitrogen and oxygen atoms in total. The maximum atomic E-state index is 13.4. The van der Waals surface area contributed by atoms with Crippen molar-refractivity contribution in [2.24, 2.45) is 0 Å². The quantitative estimate of drug-likeness (QED) is 0.857. The molecule has 0 spiro atoms. The van der Waals surface area contributed by atoms with Gasteiger partial charge in [0.15, 0.2) is 18.2 Å². The van der Waals surface area contributed by atoms with Crippen molar-refractivity contribution in [2.75, 3.05) is 11.9 Å². The van der Waals surface area contributed by atoms with E-state index in [-0.39, 0.29) is 24.3 Å². The normalized spacial score (nSPS) is 13.2. The Balaban J connectivity index is 1.56. The van der Waals surface area contributed by atoms with Gasteiger partial charge >= 0.3 is 0 Å². The van der Waals surface area contributed by atoms with Crippen LogP contribution in [0.1, 0.15) is 23.2 Å². The molecule has 2 aromatic rings. The molecule has 0 aliphatic heterocycles. The molecule has 6 heteroatoms. The standard InChI is InChI=1S/C18H17FN2O3/c19-15-6-1-2-7-16(15)24-11-17(22)20-14-5-3-4-12(10-14)18(23)21-13-8-9-13/h1-7,10,13H,8-9,11H2,(H,20,22)(H,21,23). The molecule has 1 fully saturated rings. The fourth-order valence-corrected chi connectivity index (χ4v) is 2.14. The van der Waals surface area contributed by atoms with Crippen molar-refractivity contribution in [1.29, 1.82) is 0 Å². The topological polar surface area (TPSA) is 67.4 Å². The highest BCUT2D eigenvalue weighted by molar-refractivity contribution is 5.97. The van der Waals surface area contributed by atoms with E-state index in [4.69, 9.17) is 4.74 Å². The molecule has 2 aromatic carbocycles. The lowest BCUT2D eigenvalue weighted by atomic mass is 10.2. The number of ether oxygens (including phenoxy) is 1. The Kier molecular flexibility index (Phi) is 4.74. The maximum Gasteiger partial charge on any atom is 0.262 e. The van der Waals surface area contributed by atoms with E-state index in [0.29, 0.717) is 11.3 Å². The number of rotatable bonds is 6. The Hall–Kier alpha value is -2.89. The minimum atomic E-state index is -0.524. The van der Waals surface area contributed by atoms with E-state index in [1.54, 1.807) is 36.4 Å². The minimum absolute atomic E-state index is 0.0187. The van der Waals surface area contributed by atoms with Crippen LogP contribution in [0.25, 0.3) is 0 Å². The molecule has 3 rings (SSSR count). The maximum absolute atomic E-state index is 13.4. The zero-order valence-corrected chi connectivity index (χ0v) is 12.9. The Morgan fingerprint density at radius 1 is 1.12 bits per heavy atom. The van der Waals surface area contributed by atoms with Gasteiger partial charge < -0.3 is 15.4 Å². The van der Waals surface area contributed by atoms with Crippen molar-refractivity contribution in [3.8, 4) is 5.75 Å². The smallest absolute Gasteiger partial charge is 0.262 e. The van der Waals surface area contributed by atoms with Gasteiger partial charge in [0.2, 0.25) is 0 Å². The van der Waals surface area contributed by atoms with Gasteiger partial charge in [-0.2, -0.15) is 0 Å². The van der Waals surface area contributed by atoms with E-state index in [1.807, 2.05) is 0 Å².